The van der Waals surface area contributed by atoms with Gasteiger partial charge < -0.3 is 0 Å². The number of rotatable bonds is 3. The van der Waals surface area contributed by atoms with Gasteiger partial charge in [0.25, 0.3) is 0 Å². The fraction of sp³-hybridized carbons (Fsp3) is 0.412. The highest BCUT2D eigenvalue weighted by molar-refractivity contribution is 7.97. The topological polar surface area (TPSA) is 71.5 Å². The van der Waals surface area contributed by atoms with Gasteiger partial charge in [-0.1, -0.05) is 35.9 Å². The minimum atomic E-state index is -3.75. The summed E-state index contributed by atoms with van der Waals surface area (Å²) in [7, 11) is -7.16. The summed E-state index contributed by atoms with van der Waals surface area (Å²) in [5.74, 6) is -0.439. The molecule has 5 nitrogen and oxygen atoms in total. The van der Waals surface area contributed by atoms with E-state index in [0.717, 1.165) is 23.3 Å². The zero-order valence-corrected chi connectivity index (χ0v) is 17.0. The zero-order valence-electron chi connectivity index (χ0n) is 13.8. The van der Waals surface area contributed by atoms with Crippen molar-refractivity contribution in [2.75, 3.05) is 18.1 Å². The first-order valence-electron chi connectivity index (χ1n) is 8.27. The van der Waals surface area contributed by atoms with E-state index in [9.17, 15) is 16.8 Å². The Morgan fingerprint density at radius 1 is 1.08 bits per heavy atom. The zero-order chi connectivity index (χ0) is 18.5. The Hall–Kier alpha value is -0.930. The average Bonchev–Trinajstić information content (AvgIpc) is 3.18. The van der Waals surface area contributed by atoms with Gasteiger partial charge in [0.05, 0.1) is 21.1 Å². The maximum atomic E-state index is 13.1. The molecule has 0 amide bonds. The van der Waals surface area contributed by atoms with Gasteiger partial charge in [0.15, 0.2) is 19.7 Å². The summed E-state index contributed by atoms with van der Waals surface area (Å²) in [6.07, 6.45) is 0.796. The third-order valence-corrected chi connectivity index (χ3v) is 11.0. The van der Waals surface area contributed by atoms with E-state index in [1.54, 1.807) is 0 Å². The van der Waals surface area contributed by atoms with Crippen LogP contribution in [0.25, 0.3) is 0 Å². The number of hydrogen-bond donors (Lipinski definition) is 0. The molecule has 0 N–H and O–H groups in total. The maximum absolute atomic E-state index is 13.1. The van der Waals surface area contributed by atoms with Crippen LogP contribution in [0, 0.1) is 0 Å². The summed E-state index contributed by atoms with van der Waals surface area (Å²) in [5.41, 5.74) is 2.38. The summed E-state index contributed by atoms with van der Waals surface area (Å²) in [6.45, 7) is 1.24. The lowest BCUT2D eigenvalue weighted by Crippen LogP contribution is -2.48. The maximum Gasteiger partial charge on any atom is 0.193 e. The fourth-order valence-electron chi connectivity index (χ4n) is 3.83. The van der Waals surface area contributed by atoms with Crippen LogP contribution in [0.4, 0.5) is 0 Å². The highest BCUT2D eigenvalue weighted by atomic mass is 35.5. The lowest BCUT2D eigenvalue weighted by molar-refractivity contribution is 0.195. The number of hydrogen-bond acceptors (Lipinski definition) is 6. The molecular weight excluding hydrogens is 414 g/mol. The van der Waals surface area contributed by atoms with Gasteiger partial charge in [-0.2, -0.15) is 0 Å². The second-order valence-electron chi connectivity index (χ2n) is 6.78. The largest absolute Gasteiger partial charge is 0.293 e. The molecule has 140 valence electrons. The molecule has 1 fully saturated rings. The first kappa shape index (κ1) is 18.4. The monoisotopic (exact) mass is 431 g/mol. The van der Waals surface area contributed by atoms with Crippen LogP contribution in [-0.4, -0.2) is 51.1 Å². The van der Waals surface area contributed by atoms with Crippen molar-refractivity contribution in [3.63, 3.8) is 0 Å². The van der Waals surface area contributed by atoms with E-state index in [-0.39, 0.29) is 15.7 Å². The normalized spacial score (nSPS) is 25.9. The van der Waals surface area contributed by atoms with Crippen molar-refractivity contribution < 1.29 is 16.8 Å². The van der Waals surface area contributed by atoms with Crippen molar-refractivity contribution in [1.82, 2.24) is 4.90 Å². The van der Waals surface area contributed by atoms with Gasteiger partial charge in [0.2, 0.25) is 0 Å². The van der Waals surface area contributed by atoms with Gasteiger partial charge in [-0.05, 0) is 29.7 Å². The molecule has 2 aliphatic heterocycles. The van der Waals surface area contributed by atoms with Gasteiger partial charge >= 0.3 is 0 Å². The molecule has 3 heterocycles. The summed E-state index contributed by atoms with van der Waals surface area (Å²) in [5, 5.41) is -0.951. The van der Waals surface area contributed by atoms with Crippen molar-refractivity contribution in [2.45, 2.75) is 28.5 Å². The molecule has 0 radical (unpaired) electrons. The third kappa shape index (κ3) is 3.33. The van der Waals surface area contributed by atoms with Crippen molar-refractivity contribution in [3.8, 4) is 0 Å². The van der Waals surface area contributed by atoms with Crippen LogP contribution >= 0.6 is 22.9 Å². The fourth-order valence-corrected chi connectivity index (χ4v) is 10.4. The van der Waals surface area contributed by atoms with Gasteiger partial charge in [0, 0.05) is 19.1 Å². The Kier molecular flexibility index (Phi) is 4.68. The Morgan fingerprint density at radius 2 is 1.81 bits per heavy atom. The predicted octanol–water partition coefficient (Wildman–Crippen LogP) is 2.40. The molecule has 0 spiro atoms. The Labute approximate surface area is 162 Å². The Balaban J connectivity index is 1.68. The van der Waals surface area contributed by atoms with Crippen molar-refractivity contribution >= 4 is 42.6 Å². The SMILES string of the molecule is O=S1(=O)C[C@H](N2CCc3ccccc3C2)[C@@H](S(=O)(=O)c2ccc(Cl)s2)C1. The molecule has 4 rings (SSSR count). The third-order valence-electron chi connectivity index (χ3n) is 5.13. The minimum absolute atomic E-state index is 0.113. The standard InChI is InChI=1S/C17H18ClNO4S3/c18-16-5-6-17(24-16)26(22,23)15-11-25(20,21)10-14(15)19-8-7-12-3-1-2-4-13(12)9-19/h1-6,14-15H,7-11H2/t14-,15-/m0/s1. The predicted molar refractivity (Wildman–Crippen MR) is 103 cm³/mol. The van der Waals surface area contributed by atoms with E-state index >= 15 is 0 Å². The molecule has 2 aromatic rings. The number of halogens is 1. The molecule has 0 unspecified atom stereocenters. The molecule has 0 saturated carbocycles. The minimum Gasteiger partial charge on any atom is -0.293 e. The molecule has 1 aromatic heterocycles. The smallest absolute Gasteiger partial charge is 0.193 e. The highest BCUT2D eigenvalue weighted by Crippen LogP contribution is 2.35. The average molecular weight is 432 g/mol. The number of nitrogens with zero attached hydrogens (tertiary/aromatic N) is 1. The van der Waals surface area contributed by atoms with Gasteiger partial charge in [0.1, 0.15) is 4.21 Å². The van der Waals surface area contributed by atoms with Crippen LogP contribution in [0.2, 0.25) is 4.34 Å². The first-order valence-corrected chi connectivity index (χ1v) is 12.8. The molecule has 1 saturated heterocycles. The van der Waals surface area contributed by atoms with Gasteiger partial charge in [-0.3, -0.25) is 4.90 Å². The second-order valence-corrected chi connectivity index (χ2v) is 13.0. The molecule has 1 aromatic carbocycles. The van der Waals surface area contributed by atoms with Crippen molar-refractivity contribution in [3.05, 3.63) is 51.9 Å². The number of fused-ring (bicyclic) bond motifs is 1. The van der Waals surface area contributed by atoms with E-state index in [2.05, 4.69) is 6.07 Å². The molecule has 26 heavy (non-hydrogen) atoms. The van der Waals surface area contributed by atoms with E-state index in [1.807, 2.05) is 23.1 Å². The van der Waals surface area contributed by atoms with E-state index in [1.165, 1.54) is 17.7 Å². The van der Waals surface area contributed by atoms with E-state index in [0.29, 0.717) is 17.4 Å². The molecule has 0 aliphatic carbocycles. The summed E-state index contributed by atoms with van der Waals surface area (Å²) in [6, 6.07) is 10.5. The Bertz CT molecular complexity index is 1050. The summed E-state index contributed by atoms with van der Waals surface area (Å²) >= 11 is 6.88. The van der Waals surface area contributed by atoms with Crippen LogP contribution in [0.15, 0.2) is 40.6 Å². The molecular formula is C17H18ClNO4S3. The molecule has 2 atom stereocenters. The number of sulfone groups is 2. The molecule has 9 heteroatoms. The van der Waals surface area contributed by atoms with Crippen LogP contribution < -0.4 is 0 Å². The van der Waals surface area contributed by atoms with Gasteiger partial charge in [-0.25, -0.2) is 16.8 Å². The lowest BCUT2D eigenvalue weighted by atomic mass is 9.98. The van der Waals surface area contributed by atoms with Gasteiger partial charge in [-0.15, -0.1) is 11.3 Å². The summed E-state index contributed by atoms with van der Waals surface area (Å²) in [4.78, 5) is 2.02. The second kappa shape index (κ2) is 6.60. The first-order chi connectivity index (χ1) is 12.3. The van der Waals surface area contributed by atoms with Crippen molar-refractivity contribution in [1.29, 1.82) is 0 Å². The van der Waals surface area contributed by atoms with Crippen LogP contribution in [0.1, 0.15) is 11.1 Å². The number of benzene rings is 1. The van der Waals surface area contributed by atoms with E-state index < -0.39 is 31.0 Å². The van der Waals surface area contributed by atoms with Crippen LogP contribution in [-0.2, 0) is 32.6 Å². The van der Waals surface area contributed by atoms with E-state index in [4.69, 9.17) is 11.6 Å². The summed E-state index contributed by atoms with van der Waals surface area (Å²) < 4.78 is 51.3. The molecule has 2 aliphatic rings. The quantitative estimate of drug-likeness (QED) is 0.746. The van der Waals surface area contributed by atoms with Crippen LogP contribution in [0.5, 0.6) is 0 Å². The van der Waals surface area contributed by atoms with Crippen LogP contribution in [0.3, 0.4) is 0 Å². The Morgan fingerprint density at radius 3 is 2.50 bits per heavy atom. The lowest BCUT2D eigenvalue weighted by Gasteiger charge is -2.35. The van der Waals surface area contributed by atoms with Crippen molar-refractivity contribution in [2.24, 2.45) is 0 Å². The highest BCUT2D eigenvalue weighted by Gasteiger charge is 2.49. The molecule has 0 bridgehead atoms. The number of thiophene rings is 1.